The fourth-order valence-corrected chi connectivity index (χ4v) is 3.41. The first-order chi connectivity index (χ1) is 12.8. The zero-order chi connectivity index (χ0) is 19.7. The highest BCUT2D eigenvalue weighted by Crippen LogP contribution is 2.35. The number of benzene rings is 2. The lowest BCUT2D eigenvalue weighted by Crippen LogP contribution is -2.32. The number of anilines is 2. The van der Waals surface area contributed by atoms with Gasteiger partial charge in [0.15, 0.2) is 0 Å². The molecular weight excluding hydrogens is 385 g/mol. The van der Waals surface area contributed by atoms with E-state index < -0.39 is 0 Å². The van der Waals surface area contributed by atoms with Crippen LogP contribution in [-0.2, 0) is 9.59 Å². The Morgan fingerprint density at radius 2 is 1.67 bits per heavy atom. The molecule has 0 bridgehead atoms. The third-order valence-corrected chi connectivity index (χ3v) is 4.89. The van der Waals surface area contributed by atoms with Crippen molar-refractivity contribution in [1.82, 2.24) is 4.90 Å². The van der Waals surface area contributed by atoms with E-state index in [0.717, 1.165) is 5.69 Å². The molecule has 1 heterocycles. The maximum Gasteiger partial charge on any atom is 0.278 e. The van der Waals surface area contributed by atoms with Gasteiger partial charge in [-0.25, -0.2) is 0 Å². The van der Waals surface area contributed by atoms with Gasteiger partial charge in [-0.1, -0.05) is 29.3 Å². The van der Waals surface area contributed by atoms with Crippen LogP contribution in [0.3, 0.4) is 0 Å². The number of carbonyl (C=O) groups excluding carboxylic acids is 2. The Labute approximate surface area is 168 Å². The standard InChI is InChI=1S/C20H19Cl2N3O2/c1-4-25-19(26)17(15-10-5-12(21)11-16(15)22)18(20(25)27)23-13-6-8-14(9-7-13)24(2)3/h5-11,23H,4H2,1-3H3. The van der Waals surface area contributed by atoms with Gasteiger partial charge in [-0.3, -0.25) is 14.5 Å². The number of imide groups is 1. The summed E-state index contributed by atoms with van der Waals surface area (Å²) in [6.07, 6.45) is 0. The van der Waals surface area contributed by atoms with E-state index in [9.17, 15) is 9.59 Å². The lowest BCUT2D eigenvalue weighted by Gasteiger charge is -2.14. The van der Waals surface area contributed by atoms with Crippen LogP contribution in [0.15, 0.2) is 48.2 Å². The highest BCUT2D eigenvalue weighted by Gasteiger charge is 2.39. The van der Waals surface area contributed by atoms with Crippen LogP contribution in [0.2, 0.25) is 10.0 Å². The van der Waals surface area contributed by atoms with Crippen molar-refractivity contribution in [3.8, 4) is 0 Å². The van der Waals surface area contributed by atoms with Crippen molar-refractivity contribution in [2.45, 2.75) is 6.92 Å². The molecule has 0 fully saturated rings. The summed E-state index contributed by atoms with van der Waals surface area (Å²) in [5.74, 6) is -0.751. The molecule has 0 saturated heterocycles. The number of likely N-dealkylation sites (N-methyl/N-ethyl adjacent to an activating group) is 1. The largest absolute Gasteiger partial charge is 0.378 e. The molecule has 2 aromatic rings. The maximum absolute atomic E-state index is 12.8. The predicted octanol–water partition coefficient (Wildman–Crippen LogP) is 4.27. The van der Waals surface area contributed by atoms with Crippen LogP contribution in [0.25, 0.3) is 5.57 Å². The van der Waals surface area contributed by atoms with Crippen molar-refractivity contribution in [3.63, 3.8) is 0 Å². The number of rotatable bonds is 5. The number of nitrogens with zero attached hydrogens (tertiary/aromatic N) is 2. The van der Waals surface area contributed by atoms with E-state index in [-0.39, 0.29) is 29.6 Å². The van der Waals surface area contributed by atoms with Crippen molar-refractivity contribution >= 4 is 52.0 Å². The van der Waals surface area contributed by atoms with Crippen LogP contribution in [0, 0.1) is 0 Å². The molecule has 5 nitrogen and oxygen atoms in total. The Hall–Kier alpha value is -2.50. The monoisotopic (exact) mass is 403 g/mol. The Morgan fingerprint density at radius 1 is 1.00 bits per heavy atom. The minimum absolute atomic E-state index is 0.212. The molecule has 2 amide bonds. The Kier molecular flexibility index (Phi) is 5.44. The first kappa shape index (κ1) is 19.3. The molecular formula is C20H19Cl2N3O2. The minimum atomic E-state index is -0.376. The summed E-state index contributed by atoms with van der Waals surface area (Å²) >= 11 is 12.3. The number of amides is 2. The van der Waals surface area contributed by atoms with E-state index >= 15 is 0 Å². The molecule has 1 N–H and O–H groups in total. The van der Waals surface area contributed by atoms with Gasteiger partial charge in [0.2, 0.25) is 0 Å². The highest BCUT2D eigenvalue weighted by atomic mass is 35.5. The molecule has 0 saturated carbocycles. The minimum Gasteiger partial charge on any atom is -0.378 e. The maximum atomic E-state index is 12.8. The summed E-state index contributed by atoms with van der Waals surface area (Å²) in [6, 6.07) is 12.4. The van der Waals surface area contributed by atoms with Gasteiger partial charge in [-0.05, 0) is 43.3 Å². The third kappa shape index (κ3) is 3.66. The lowest BCUT2D eigenvalue weighted by molar-refractivity contribution is -0.136. The van der Waals surface area contributed by atoms with Gasteiger partial charge >= 0.3 is 0 Å². The summed E-state index contributed by atoms with van der Waals surface area (Å²) < 4.78 is 0. The average Bonchev–Trinajstić information content (AvgIpc) is 2.85. The van der Waals surface area contributed by atoms with Crippen molar-refractivity contribution in [2.24, 2.45) is 0 Å². The van der Waals surface area contributed by atoms with E-state index in [4.69, 9.17) is 23.2 Å². The van der Waals surface area contributed by atoms with Crippen molar-refractivity contribution in [3.05, 3.63) is 63.8 Å². The summed E-state index contributed by atoms with van der Waals surface area (Å²) in [5.41, 5.74) is 2.67. The molecule has 0 radical (unpaired) electrons. The second-order valence-electron chi connectivity index (χ2n) is 6.30. The average molecular weight is 404 g/mol. The van der Waals surface area contributed by atoms with Gasteiger partial charge in [0, 0.05) is 42.6 Å². The molecule has 0 aliphatic carbocycles. The molecule has 1 aliphatic heterocycles. The SMILES string of the molecule is CCN1C(=O)C(Nc2ccc(N(C)C)cc2)=C(c2ccc(Cl)cc2Cl)C1=O. The molecule has 0 spiro atoms. The first-order valence-corrected chi connectivity index (χ1v) is 9.19. The van der Waals surface area contributed by atoms with E-state index in [0.29, 0.717) is 21.3 Å². The Bertz CT molecular complexity index is 937. The predicted molar refractivity (Wildman–Crippen MR) is 110 cm³/mol. The molecule has 1 aliphatic rings. The van der Waals surface area contributed by atoms with Crippen molar-refractivity contribution in [2.75, 3.05) is 30.9 Å². The van der Waals surface area contributed by atoms with E-state index in [1.165, 1.54) is 4.90 Å². The Morgan fingerprint density at radius 3 is 2.22 bits per heavy atom. The van der Waals surface area contributed by atoms with Gasteiger partial charge in [0.05, 0.1) is 10.6 Å². The van der Waals surface area contributed by atoms with Gasteiger partial charge in [0.1, 0.15) is 5.70 Å². The molecule has 3 rings (SSSR count). The number of hydrogen-bond donors (Lipinski definition) is 1. The molecule has 0 unspecified atom stereocenters. The van der Waals surface area contributed by atoms with Crippen LogP contribution in [-0.4, -0.2) is 37.4 Å². The lowest BCUT2D eigenvalue weighted by atomic mass is 10.0. The Balaban J connectivity index is 2.07. The van der Waals surface area contributed by atoms with Gasteiger partial charge in [-0.2, -0.15) is 0 Å². The number of carbonyl (C=O) groups is 2. The fourth-order valence-electron chi connectivity index (χ4n) is 2.91. The molecule has 0 aromatic heterocycles. The van der Waals surface area contributed by atoms with Crippen molar-refractivity contribution < 1.29 is 9.59 Å². The fraction of sp³-hybridized carbons (Fsp3) is 0.200. The number of hydrogen-bond acceptors (Lipinski definition) is 4. The smallest absolute Gasteiger partial charge is 0.278 e. The van der Waals surface area contributed by atoms with E-state index in [2.05, 4.69) is 5.32 Å². The number of nitrogens with one attached hydrogen (secondary N) is 1. The second-order valence-corrected chi connectivity index (χ2v) is 7.14. The van der Waals surface area contributed by atoms with Gasteiger partial charge in [-0.15, -0.1) is 0 Å². The second kappa shape index (κ2) is 7.62. The van der Waals surface area contributed by atoms with Crippen molar-refractivity contribution in [1.29, 1.82) is 0 Å². The van der Waals surface area contributed by atoms with E-state index in [1.807, 2.05) is 43.3 Å². The van der Waals surface area contributed by atoms with Crippen LogP contribution >= 0.6 is 23.2 Å². The topological polar surface area (TPSA) is 52.7 Å². The third-order valence-electron chi connectivity index (χ3n) is 4.34. The number of halogens is 2. The highest BCUT2D eigenvalue weighted by molar-refractivity contribution is 6.41. The molecule has 140 valence electrons. The molecule has 2 aromatic carbocycles. The van der Waals surface area contributed by atoms with E-state index in [1.54, 1.807) is 25.1 Å². The zero-order valence-electron chi connectivity index (χ0n) is 15.2. The summed E-state index contributed by atoms with van der Waals surface area (Å²) in [5, 5.41) is 3.88. The zero-order valence-corrected chi connectivity index (χ0v) is 16.7. The van der Waals surface area contributed by atoms with Crippen LogP contribution in [0.5, 0.6) is 0 Å². The van der Waals surface area contributed by atoms with Gasteiger partial charge < -0.3 is 10.2 Å². The molecule has 0 atom stereocenters. The quantitative estimate of drug-likeness (QED) is 0.757. The summed E-state index contributed by atoms with van der Waals surface area (Å²) in [7, 11) is 3.90. The van der Waals surface area contributed by atoms with Crippen LogP contribution in [0.1, 0.15) is 12.5 Å². The first-order valence-electron chi connectivity index (χ1n) is 8.43. The summed E-state index contributed by atoms with van der Waals surface area (Å²) in [6.45, 7) is 2.03. The molecule has 27 heavy (non-hydrogen) atoms. The van der Waals surface area contributed by atoms with Gasteiger partial charge in [0.25, 0.3) is 11.8 Å². The molecule has 7 heteroatoms. The van der Waals surface area contributed by atoms with Crippen LogP contribution < -0.4 is 10.2 Å². The van der Waals surface area contributed by atoms with Crippen LogP contribution in [0.4, 0.5) is 11.4 Å². The summed E-state index contributed by atoms with van der Waals surface area (Å²) in [4.78, 5) is 28.8. The normalized spacial score (nSPS) is 14.2.